The van der Waals surface area contributed by atoms with Crippen molar-refractivity contribution in [2.45, 2.75) is 32.0 Å². The first kappa shape index (κ1) is 17.7. The number of aliphatic hydroxyl groups is 1. The molecule has 23 heavy (non-hydrogen) atoms. The molecule has 0 amide bonds. The van der Waals surface area contributed by atoms with Crippen LogP contribution in [0, 0.1) is 0 Å². The van der Waals surface area contributed by atoms with E-state index in [1.165, 1.54) is 14.0 Å². The number of nitrogens with two attached hydrogens (primary N) is 1. The SMILES string of the molecule is COc1cc(C(C)=O)ccc1OC[C@@H](O)C[NH2+]C[C@H]1CCCO1. The monoisotopic (exact) mass is 324 g/mol. The molecule has 1 aliphatic rings. The van der Waals surface area contributed by atoms with Crippen molar-refractivity contribution in [2.75, 3.05) is 33.4 Å². The molecule has 0 aliphatic carbocycles. The van der Waals surface area contributed by atoms with Crippen LogP contribution in [0.25, 0.3) is 0 Å². The summed E-state index contributed by atoms with van der Waals surface area (Å²) in [7, 11) is 1.53. The highest BCUT2D eigenvalue weighted by molar-refractivity contribution is 5.94. The Hall–Kier alpha value is -1.63. The minimum atomic E-state index is -0.575. The van der Waals surface area contributed by atoms with E-state index >= 15 is 0 Å². The molecule has 1 heterocycles. The van der Waals surface area contributed by atoms with Gasteiger partial charge in [0.05, 0.1) is 7.11 Å². The fourth-order valence-corrected chi connectivity index (χ4v) is 2.56. The molecular weight excluding hydrogens is 298 g/mol. The number of methoxy groups -OCH3 is 1. The van der Waals surface area contributed by atoms with Crippen molar-refractivity contribution in [3.05, 3.63) is 23.8 Å². The second-order valence-electron chi connectivity index (χ2n) is 5.78. The van der Waals surface area contributed by atoms with Crippen LogP contribution < -0.4 is 14.8 Å². The van der Waals surface area contributed by atoms with Gasteiger partial charge >= 0.3 is 0 Å². The van der Waals surface area contributed by atoms with Crippen LogP contribution in [0.4, 0.5) is 0 Å². The van der Waals surface area contributed by atoms with Gasteiger partial charge in [0.1, 0.15) is 31.9 Å². The standard InChI is InChI=1S/C17H25NO5/c1-12(19)13-5-6-16(17(8-13)21-2)23-11-14(20)9-18-10-15-4-3-7-22-15/h5-6,8,14-15,18,20H,3-4,7,9-11H2,1-2H3/p+1/t14-,15+/m0/s1. The van der Waals surface area contributed by atoms with Gasteiger partial charge in [-0.05, 0) is 38.0 Å². The highest BCUT2D eigenvalue weighted by atomic mass is 16.5. The molecular formula is C17H26NO5+. The van der Waals surface area contributed by atoms with Crippen molar-refractivity contribution in [1.29, 1.82) is 0 Å². The summed E-state index contributed by atoms with van der Waals surface area (Å²) in [5.41, 5.74) is 0.569. The lowest BCUT2D eigenvalue weighted by Gasteiger charge is -2.15. The van der Waals surface area contributed by atoms with Gasteiger partial charge in [-0.1, -0.05) is 0 Å². The number of ketones is 1. The highest BCUT2D eigenvalue weighted by Crippen LogP contribution is 2.28. The smallest absolute Gasteiger partial charge is 0.161 e. The normalized spacial score (nSPS) is 18.7. The van der Waals surface area contributed by atoms with Gasteiger partial charge in [-0.25, -0.2) is 0 Å². The average molecular weight is 324 g/mol. The van der Waals surface area contributed by atoms with E-state index in [0.717, 1.165) is 26.0 Å². The van der Waals surface area contributed by atoms with Crippen LogP contribution in [0.2, 0.25) is 0 Å². The third-order valence-electron chi connectivity index (χ3n) is 3.89. The van der Waals surface area contributed by atoms with Gasteiger partial charge in [0.2, 0.25) is 0 Å². The van der Waals surface area contributed by atoms with Crippen molar-refractivity contribution < 1.29 is 29.4 Å². The second-order valence-corrected chi connectivity index (χ2v) is 5.78. The van der Waals surface area contributed by atoms with E-state index in [4.69, 9.17) is 14.2 Å². The summed E-state index contributed by atoms with van der Waals surface area (Å²) in [6, 6.07) is 5.03. The van der Waals surface area contributed by atoms with Crippen molar-refractivity contribution >= 4 is 5.78 Å². The molecule has 3 N–H and O–H groups in total. The van der Waals surface area contributed by atoms with Gasteiger partial charge in [0, 0.05) is 12.2 Å². The summed E-state index contributed by atoms with van der Waals surface area (Å²) in [6.07, 6.45) is 1.96. The van der Waals surface area contributed by atoms with Gasteiger partial charge in [-0.2, -0.15) is 0 Å². The lowest BCUT2D eigenvalue weighted by molar-refractivity contribution is -0.666. The van der Waals surface area contributed by atoms with Crippen LogP contribution in [0.5, 0.6) is 11.5 Å². The Bertz CT molecular complexity index is 514. The summed E-state index contributed by atoms with van der Waals surface area (Å²) < 4.78 is 16.4. The zero-order valence-corrected chi connectivity index (χ0v) is 13.8. The minimum Gasteiger partial charge on any atom is -0.493 e. The van der Waals surface area contributed by atoms with E-state index in [9.17, 15) is 9.90 Å². The van der Waals surface area contributed by atoms with Crippen LogP contribution in [0.15, 0.2) is 18.2 Å². The van der Waals surface area contributed by atoms with Gasteiger partial charge in [0.15, 0.2) is 17.3 Å². The van der Waals surface area contributed by atoms with Gasteiger partial charge in [-0.3, -0.25) is 4.79 Å². The number of benzene rings is 1. The molecule has 128 valence electrons. The van der Waals surface area contributed by atoms with E-state index in [2.05, 4.69) is 5.32 Å². The van der Waals surface area contributed by atoms with Crippen LogP contribution >= 0.6 is 0 Å². The van der Waals surface area contributed by atoms with Crippen molar-refractivity contribution in [3.63, 3.8) is 0 Å². The van der Waals surface area contributed by atoms with Crippen molar-refractivity contribution in [2.24, 2.45) is 0 Å². The topological polar surface area (TPSA) is 81.6 Å². The predicted molar refractivity (Wildman–Crippen MR) is 85.1 cm³/mol. The summed E-state index contributed by atoms with van der Waals surface area (Å²) in [5.74, 6) is 0.988. The van der Waals surface area contributed by atoms with Crippen LogP contribution in [-0.4, -0.2) is 56.5 Å². The zero-order chi connectivity index (χ0) is 16.7. The number of hydrogen-bond acceptors (Lipinski definition) is 5. The number of carbonyl (C=O) groups is 1. The van der Waals surface area contributed by atoms with Crippen molar-refractivity contribution in [3.8, 4) is 11.5 Å². The maximum atomic E-state index is 11.4. The summed E-state index contributed by atoms with van der Waals surface area (Å²) in [4.78, 5) is 11.4. The molecule has 0 spiro atoms. The fraction of sp³-hybridized carbons (Fsp3) is 0.588. The Morgan fingerprint density at radius 2 is 2.30 bits per heavy atom. The van der Waals surface area contributed by atoms with Crippen LogP contribution in [-0.2, 0) is 4.74 Å². The lowest BCUT2D eigenvalue weighted by Crippen LogP contribution is -2.88. The molecule has 2 rings (SSSR count). The van der Waals surface area contributed by atoms with E-state index < -0.39 is 6.10 Å². The van der Waals surface area contributed by atoms with E-state index in [0.29, 0.717) is 29.7 Å². The van der Waals surface area contributed by atoms with Gasteiger partial charge in [-0.15, -0.1) is 0 Å². The number of ether oxygens (including phenoxy) is 3. The maximum absolute atomic E-state index is 11.4. The number of rotatable bonds is 9. The molecule has 0 aromatic heterocycles. The lowest BCUT2D eigenvalue weighted by atomic mass is 10.1. The summed E-state index contributed by atoms with van der Waals surface area (Å²) in [5, 5.41) is 12.1. The van der Waals surface area contributed by atoms with Gasteiger partial charge < -0.3 is 24.6 Å². The number of quaternary nitrogens is 1. The van der Waals surface area contributed by atoms with E-state index in [-0.39, 0.29) is 12.4 Å². The Labute approximate surface area is 136 Å². The first-order valence-electron chi connectivity index (χ1n) is 8.03. The Balaban J connectivity index is 1.76. The Kier molecular flexibility index (Phi) is 6.83. The molecule has 6 heteroatoms. The average Bonchev–Trinajstić information content (AvgIpc) is 3.06. The molecule has 6 nitrogen and oxygen atoms in total. The van der Waals surface area contributed by atoms with E-state index in [1.54, 1.807) is 18.2 Å². The van der Waals surface area contributed by atoms with Crippen LogP contribution in [0.1, 0.15) is 30.1 Å². The number of carbonyl (C=O) groups excluding carboxylic acids is 1. The largest absolute Gasteiger partial charge is 0.493 e. The molecule has 1 aromatic rings. The molecule has 0 radical (unpaired) electrons. The maximum Gasteiger partial charge on any atom is 0.161 e. The van der Waals surface area contributed by atoms with Crippen molar-refractivity contribution in [1.82, 2.24) is 0 Å². The summed E-state index contributed by atoms with van der Waals surface area (Å²) >= 11 is 0. The molecule has 0 bridgehead atoms. The second kappa shape index (κ2) is 8.86. The number of aliphatic hydroxyl groups excluding tert-OH is 1. The molecule has 1 saturated heterocycles. The summed E-state index contributed by atoms with van der Waals surface area (Å²) in [6.45, 7) is 3.96. The molecule has 2 atom stereocenters. The molecule has 0 unspecified atom stereocenters. The molecule has 1 fully saturated rings. The van der Waals surface area contributed by atoms with Crippen LogP contribution in [0.3, 0.4) is 0 Å². The molecule has 0 saturated carbocycles. The van der Waals surface area contributed by atoms with E-state index in [1.807, 2.05) is 0 Å². The number of hydrogen-bond donors (Lipinski definition) is 2. The zero-order valence-electron chi connectivity index (χ0n) is 13.8. The Morgan fingerprint density at radius 1 is 1.48 bits per heavy atom. The minimum absolute atomic E-state index is 0.0291. The third kappa shape index (κ3) is 5.49. The first-order chi connectivity index (χ1) is 11.1. The molecule has 1 aliphatic heterocycles. The number of Topliss-reactive ketones (excluding diaryl/α,β-unsaturated/α-hetero) is 1. The third-order valence-corrected chi connectivity index (χ3v) is 3.89. The Morgan fingerprint density at radius 3 is 2.96 bits per heavy atom. The molecule has 1 aromatic carbocycles. The quantitative estimate of drug-likeness (QED) is 0.642. The predicted octanol–water partition coefficient (Wildman–Crippen LogP) is 0.380. The highest BCUT2D eigenvalue weighted by Gasteiger charge is 2.18. The fourth-order valence-electron chi connectivity index (χ4n) is 2.56. The van der Waals surface area contributed by atoms with Gasteiger partial charge in [0.25, 0.3) is 0 Å². The first-order valence-corrected chi connectivity index (χ1v) is 8.03.